The Kier molecular flexibility index (Phi) is 9.08. The Labute approximate surface area is 480 Å². The van der Waals surface area contributed by atoms with Crippen LogP contribution in [-0.2, 0) is 0 Å². The van der Waals surface area contributed by atoms with Crippen LogP contribution in [0.3, 0.4) is 0 Å². The highest BCUT2D eigenvalue weighted by atomic mass is 15.0. The third-order valence-electron chi connectivity index (χ3n) is 19.4. The average molecular weight is 1080 g/mol. The topological polar surface area (TPSA) is 137 Å². The van der Waals surface area contributed by atoms with Gasteiger partial charge in [0.1, 0.15) is 0 Å². The van der Waals surface area contributed by atoms with Crippen molar-refractivity contribution in [2.24, 2.45) is 0 Å². The molecular weight excluding hydrogens is 1030 g/mol. The molecule has 84 heavy (non-hydrogen) atoms. The van der Waals surface area contributed by atoms with Crippen molar-refractivity contribution in [1.82, 2.24) is 44.9 Å². The number of hydrogen-bond acceptors (Lipinski definition) is 7. The summed E-state index contributed by atoms with van der Waals surface area (Å²) in [4.78, 5) is 46.5. The molecular formula is C74H50N10. The van der Waals surface area contributed by atoms with E-state index in [1.807, 2.05) is 0 Å². The number of aromatic amines is 3. The van der Waals surface area contributed by atoms with E-state index in [2.05, 4.69) is 230 Å². The van der Waals surface area contributed by atoms with E-state index in [9.17, 15) is 0 Å². The summed E-state index contributed by atoms with van der Waals surface area (Å²) < 4.78 is 0. The molecule has 16 aromatic rings. The van der Waals surface area contributed by atoms with Crippen LogP contribution in [0.5, 0.6) is 0 Å². The quantitative estimate of drug-likeness (QED) is 0.0999. The summed E-state index contributed by atoms with van der Waals surface area (Å²) in [5.41, 5.74) is 28.8. The van der Waals surface area contributed by atoms with Gasteiger partial charge in [0, 0.05) is 101 Å². The molecule has 0 amide bonds. The highest BCUT2D eigenvalue weighted by molar-refractivity contribution is 6.27. The second-order valence-electron chi connectivity index (χ2n) is 23.6. The number of benzene rings is 8. The number of nitrogens with one attached hydrogen (secondary N) is 4. The van der Waals surface area contributed by atoms with Crippen molar-refractivity contribution < 1.29 is 0 Å². The van der Waals surface area contributed by atoms with Gasteiger partial charge in [0.25, 0.3) is 0 Å². The maximum atomic E-state index is 5.79. The van der Waals surface area contributed by atoms with Crippen LogP contribution in [-0.4, -0.2) is 50.9 Å². The molecule has 0 saturated heterocycles. The summed E-state index contributed by atoms with van der Waals surface area (Å²) >= 11 is 0. The maximum absolute atomic E-state index is 5.79. The lowest BCUT2D eigenvalue weighted by atomic mass is 9.80. The van der Waals surface area contributed by atoms with Crippen LogP contribution < -0.4 is 5.32 Å². The van der Waals surface area contributed by atoms with Crippen LogP contribution in [0, 0.1) is 20.8 Å². The first-order valence-electron chi connectivity index (χ1n) is 29.1. The van der Waals surface area contributed by atoms with Crippen molar-refractivity contribution >= 4 is 104 Å². The fourth-order valence-corrected chi connectivity index (χ4v) is 15.3. The lowest BCUT2D eigenvalue weighted by Crippen LogP contribution is -2.29. The van der Waals surface area contributed by atoms with Gasteiger partial charge in [0.2, 0.25) is 0 Å². The van der Waals surface area contributed by atoms with Gasteiger partial charge in [-0.05, 0) is 103 Å². The molecule has 396 valence electrons. The van der Waals surface area contributed by atoms with E-state index in [1.165, 1.54) is 44.5 Å². The van der Waals surface area contributed by atoms with Gasteiger partial charge in [-0.25, -0.2) is 29.9 Å². The molecule has 3 aliphatic heterocycles. The monoisotopic (exact) mass is 1080 g/mol. The Hall–Kier alpha value is -10.6. The van der Waals surface area contributed by atoms with Crippen LogP contribution in [0.2, 0.25) is 0 Å². The van der Waals surface area contributed by atoms with E-state index >= 15 is 0 Å². The summed E-state index contributed by atoms with van der Waals surface area (Å²) in [6.45, 7) is 9.14. The lowest BCUT2D eigenvalue weighted by Gasteiger charge is -2.28. The minimum absolute atomic E-state index is 0.0251. The molecule has 4 unspecified atom stereocenters. The van der Waals surface area contributed by atoms with Crippen molar-refractivity contribution in [3.63, 3.8) is 0 Å². The highest BCUT2D eigenvalue weighted by Crippen LogP contribution is 2.51. The molecule has 11 heterocycles. The zero-order valence-electron chi connectivity index (χ0n) is 46.3. The maximum Gasteiger partial charge on any atom is 0.0996 e. The van der Waals surface area contributed by atoms with E-state index in [0.717, 1.165) is 155 Å². The van der Waals surface area contributed by atoms with E-state index < -0.39 is 0 Å². The van der Waals surface area contributed by atoms with E-state index in [1.54, 1.807) is 0 Å². The Balaban J connectivity index is 0.907. The number of anilines is 1. The molecule has 4 atom stereocenters. The summed E-state index contributed by atoms with van der Waals surface area (Å²) in [5.74, 6) is 0.125. The second-order valence-corrected chi connectivity index (χ2v) is 23.6. The van der Waals surface area contributed by atoms with Crippen molar-refractivity contribution in [1.29, 1.82) is 0 Å². The molecule has 3 aliphatic rings. The first-order valence-corrected chi connectivity index (χ1v) is 29.1. The third kappa shape index (κ3) is 6.08. The van der Waals surface area contributed by atoms with Gasteiger partial charge >= 0.3 is 0 Å². The molecule has 8 aromatic carbocycles. The van der Waals surface area contributed by atoms with E-state index in [4.69, 9.17) is 29.9 Å². The first kappa shape index (κ1) is 46.1. The average Bonchev–Trinajstić information content (AvgIpc) is 1.29. The summed E-state index contributed by atoms with van der Waals surface area (Å²) in [7, 11) is 0. The summed E-state index contributed by atoms with van der Waals surface area (Å²) in [5, 5.41) is 11.2. The lowest BCUT2D eigenvalue weighted by molar-refractivity contribution is 0.563. The smallest absolute Gasteiger partial charge is 0.0996 e. The summed E-state index contributed by atoms with van der Waals surface area (Å²) in [6, 6.07) is 65.6. The van der Waals surface area contributed by atoms with Crippen LogP contribution in [0.25, 0.3) is 143 Å². The van der Waals surface area contributed by atoms with Crippen LogP contribution in [0.4, 0.5) is 5.69 Å². The number of aromatic nitrogens is 9. The zero-order valence-corrected chi connectivity index (χ0v) is 46.3. The molecule has 16 bridgehead atoms. The molecule has 10 nitrogen and oxygen atoms in total. The number of H-pyrrole nitrogens is 3. The number of pyridine rings is 4. The minimum atomic E-state index is -0.0936. The first-order chi connectivity index (χ1) is 41.3. The highest BCUT2D eigenvalue weighted by Gasteiger charge is 2.40. The van der Waals surface area contributed by atoms with E-state index in [-0.39, 0.29) is 23.8 Å². The van der Waals surface area contributed by atoms with Crippen LogP contribution in [0.15, 0.2) is 182 Å². The number of hydrogen-bond donors (Lipinski definition) is 4. The molecule has 0 radical (unpaired) electrons. The molecule has 10 heteroatoms. The van der Waals surface area contributed by atoms with Gasteiger partial charge in [-0.1, -0.05) is 140 Å². The standard InChI is InChI=1S/C74H50N10/c1-35-41-19-11-23-45-53-31-27-49-67(75-53)68-50(28-32-54(76-68)46-24-12-20-42-36(2)60(80-64(42)46)57(59(35)79-63(41)45)39-15-7-5-8-16-39)72-71(49)83-73-51-29-33-55-47-25-13-21-43-37(3)61(81-65(43)47)58(40-17-9-6-10-18-40)62-38(4)44-22-14-26-48(66(44)82-62)56-34-30-52(74(73)84-72)70(78-56)69(51)77-55/h5-35,57-59,79-82H,1-4H3. The van der Waals surface area contributed by atoms with Crippen molar-refractivity contribution in [3.05, 3.63) is 232 Å². The molecule has 0 aliphatic carbocycles. The Morgan fingerprint density at radius 1 is 0.321 bits per heavy atom. The number of rotatable bonds is 2. The molecule has 8 aromatic heterocycles. The van der Waals surface area contributed by atoms with E-state index in [0.29, 0.717) is 0 Å². The predicted molar refractivity (Wildman–Crippen MR) is 341 cm³/mol. The zero-order chi connectivity index (χ0) is 55.4. The van der Waals surface area contributed by atoms with Gasteiger partial charge in [-0.2, -0.15) is 0 Å². The van der Waals surface area contributed by atoms with Crippen molar-refractivity contribution in [3.8, 4) is 45.0 Å². The van der Waals surface area contributed by atoms with Crippen molar-refractivity contribution in [2.75, 3.05) is 5.32 Å². The molecule has 0 spiro atoms. The minimum Gasteiger partial charge on any atom is -0.380 e. The predicted octanol–water partition coefficient (Wildman–Crippen LogP) is 17.5. The number of fused-ring (bicyclic) bond motifs is 18. The fraction of sp³-hybridized carbons (Fsp3) is 0.108. The Morgan fingerprint density at radius 3 is 1.14 bits per heavy atom. The summed E-state index contributed by atoms with van der Waals surface area (Å²) in [6.07, 6.45) is 0. The SMILES string of the molecule is Cc1c2[nH]c3c(cccc13)-c1ccc3c(n1)c1nc(ccc1c1nc4c5ccc6nc5c5nc(ccc5c4nc31)-c1cccc3c1NC(C3C)C(c1ccccc1)c1[nH]c3c-6cccc3c1C)-c1cccc3c(C)c([nH]c13)C2c1ccccc1. The van der Waals surface area contributed by atoms with Gasteiger partial charge < -0.3 is 20.3 Å². The number of para-hydroxylation sites is 4. The van der Waals surface area contributed by atoms with Crippen LogP contribution >= 0.6 is 0 Å². The Bertz CT molecular complexity index is 5620. The molecule has 4 N–H and O–H groups in total. The second kappa shape index (κ2) is 16.5. The van der Waals surface area contributed by atoms with Gasteiger partial charge in [0.15, 0.2) is 0 Å². The normalized spacial score (nSPS) is 16.9. The molecule has 0 fully saturated rings. The van der Waals surface area contributed by atoms with Gasteiger partial charge in [-0.3, -0.25) is 0 Å². The van der Waals surface area contributed by atoms with Crippen molar-refractivity contribution in [2.45, 2.75) is 51.5 Å². The largest absolute Gasteiger partial charge is 0.380 e. The fourth-order valence-electron chi connectivity index (χ4n) is 15.3. The van der Waals surface area contributed by atoms with Crippen LogP contribution in [0.1, 0.15) is 75.1 Å². The number of nitrogens with zero attached hydrogens (tertiary/aromatic N) is 6. The van der Waals surface area contributed by atoms with Gasteiger partial charge in [0.05, 0.1) is 89.4 Å². The van der Waals surface area contributed by atoms with Gasteiger partial charge in [-0.15, -0.1) is 0 Å². The Morgan fingerprint density at radius 2 is 0.690 bits per heavy atom. The number of aryl methyl sites for hydroxylation is 3. The molecule has 0 saturated carbocycles. The molecule has 19 rings (SSSR count). The third-order valence-corrected chi connectivity index (χ3v) is 19.4.